The predicted octanol–water partition coefficient (Wildman–Crippen LogP) is 4.93. The van der Waals surface area contributed by atoms with Crippen molar-refractivity contribution in [1.82, 2.24) is 0 Å². The zero-order valence-electron chi connectivity index (χ0n) is 11.6. The summed E-state index contributed by atoms with van der Waals surface area (Å²) in [5.41, 5.74) is 0. The van der Waals surface area contributed by atoms with Gasteiger partial charge in [0.15, 0.2) is 0 Å². The summed E-state index contributed by atoms with van der Waals surface area (Å²) >= 11 is 0. The van der Waals surface area contributed by atoms with Gasteiger partial charge in [0.25, 0.3) is 0 Å². The Morgan fingerprint density at radius 3 is 0.350 bits per heavy atom. The third-order valence-electron chi connectivity index (χ3n) is 0. The van der Waals surface area contributed by atoms with Crippen molar-refractivity contribution >= 4 is 23.1 Å². The van der Waals surface area contributed by atoms with Crippen molar-refractivity contribution in [2.75, 3.05) is 0 Å². The van der Waals surface area contributed by atoms with Crippen molar-refractivity contribution in [2.24, 2.45) is 0 Å². The molecule has 0 unspecified atom stereocenters. The minimum atomic E-state index is 0. The molecule has 0 aromatic heterocycles. The fourth-order valence-corrected chi connectivity index (χ4v) is 0. The van der Waals surface area contributed by atoms with Crippen LogP contribution in [-0.2, 0) is 19.2 Å². The Morgan fingerprint density at radius 1 is 0.350 bits per heavy atom. The van der Waals surface area contributed by atoms with E-state index in [-0.39, 0.29) is 52.8 Å². The smallest absolute Gasteiger partial charge is 0.126 e. The normalized spacial score (nSPS) is 5.20. The number of hydrogen-bond acceptors (Lipinski definition) is 4. The summed E-state index contributed by atoms with van der Waals surface area (Å²) < 4.78 is 0. The number of Topliss-reactive ketones (excluding diaryl/α,β-unsaturated/α-hetero) is 4. The Hall–Kier alpha value is -1.32. The molecule has 0 N–H and O–H groups in total. The van der Waals surface area contributed by atoms with E-state index in [1.165, 1.54) is 55.4 Å². The van der Waals surface area contributed by atoms with Crippen LogP contribution in [0.1, 0.15) is 85.1 Å². The van der Waals surface area contributed by atoms with Gasteiger partial charge >= 0.3 is 0 Å². The highest BCUT2D eigenvalue weighted by atomic mass is 16.1. The molecule has 0 saturated heterocycles. The van der Waals surface area contributed by atoms with Gasteiger partial charge in [-0.1, -0.05) is 29.7 Å². The largest absolute Gasteiger partial charge is 0.300 e. The number of hydrogen-bond donors (Lipinski definition) is 0. The highest BCUT2D eigenvalue weighted by Crippen LogP contribution is 1.51. The summed E-state index contributed by atoms with van der Waals surface area (Å²) in [6.45, 7) is 12.2. The molecule has 128 valence electrons. The van der Waals surface area contributed by atoms with Crippen LogP contribution in [0.2, 0.25) is 0 Å². The number of ketones is 4. The molecule has 0 amide bonds. The average Bonchev–Trinajstić information content (AvgIpc) is 1.76. The van der Waals surface area contributed by atoms with E-state index in [9.17, 15) is 19.2 Å². The first-order valence-electron chi connectivity index (χ1n) is 4.82. The molecule has 0 aliphatic heterocycles. The minimum Gasteiger partial charge on any atom is -0.300 e. The molecule has 4 heteroatoms. The Bertz CT molecular complexity index is 155. The van der Waals surface area contributed by atoms with Crippen LogP contribution in [0.4, 0.5) is 0 Å². The van der Waals surface area contributed by atoms with Gasteiger partial charge in [0.05, 0.1) is 0 Å². The molecule has 4 nitrogen and oxygen atoms in total. The van der Waals surface area contributed by atoms with Gasteiger partial charge in [-0.2, -0.15) is 0 Å². The number of carbonyl (C=O) groups excluding carboxylic acids is 4. The first-order valence-corrected chi connectivity index (χ1v) is 4.82. The summed E-state index contributed by atoms with van der Waals surface area (Å²) in [7, 11) is 0. The van der Waals surface area contributed by atoms with E-state index in [0.29, 0.717) is 0 Å². The molecule has 0 saturated carbocycles. The van der Waals surface area contributed by atoms with Gasteiger partial charge in [-0.3, -0.25) is 0 Å². The summed E-state index contributed by atoms with van der Waals surface area (Å²) in [6, 6.07) is 0. The molecule has 0 bridgehead atoms. The van der Waals surface area contributed by atoms with Crippen LogP contribution in [0.5, 0.6) is 0 Å². The van der Waals surface area contributed by atoms with Crippen molar-refractivity contribution < 1.29 is 19.2 Å². The zero-order chi connectivity index (χ0) is 14.3. The molecule has 0 spiro atoms. The minimum absolute atomic E-state index is 0. The van der Waals surface area contributed by atoms with Crippen LogP contribution < -0.4 is 0 Å². The maximum absolute atomic E-state index is 9.44. The van der Waals surface area contributed by atoms with Gasteiger partial charge in [-0.25, -0.2) is 0 Å². The van der Waals surface area contributed by atoms with E-state index >= 15 is 0 Å². The van der Waals surface area contributed by atoms with Crippen molar-refractivity contribution in [3.63, 3.8) is 0 Å². The van der Waals surface area contributed by atoms with Gasteiger partial charge in [0.1, 0.15) is 23.1 Å². The second kappa shape index (κ2) is 43.1. The number of carbonyl (C=O) groups is 4. The van der Waals surface area contributed by atoms with Crippen molar-refractivity contribution in [1.29, 1.82) is 0 Å². The molecule has 0 aliphatic rings. The molecule has 0 radical (unpaired) electrons. The second-order valence-corrected chi connectivity index (χ2v) is 3.63. The standard InChI is InChI=1S/4C3H6O.4CH4/c4*1-3(2)4;;;;/h4*1-2H3;4*1H4. The summed E-state index contributed by atoms with van der Waals surface area (Å²) in [4.78, 5) is 37.8. The fraction of sp³-hybridized carbons (Fsp3) is 0.750. The van der Waals surface area contributed by atoms with E-state index in [2.05, 4.69) is 0 Å². The zero-order valence-corrected chi connectivity index (χ0v) is 11.6. The van der Waals surface area contributed by atoms with Gasteiger partial charge in [-0.05, 0) is 55.4 Å². The van der Waals surface area contributed by atoms with E-state index in [4.69, 9.17) is 0 Å². The monoisotopic (exact) mass is 296 g/mol. The fourth-order valence-electron chi connectivity index (χ4n) is 0. The molecular weight excluding hydrogens is 256 g/mol. The maximum atomic E-state index is 9.44. The van der Waals surface area contributed by atoms with Crippen LogP contribution in [0, 0.1) is 0 Å². The van der Waals surface area contributed by atoms with Gasteiger partial charge in [0, 0.05) is 0 Å². The lowest BCUT2D eigenvalue weighted by molar-refractivity contribution is -0.115. The Kier molecular flexibility index (Phi) is 110. The molecule has 0 fully saturated rings. The Labute approximate surface area is 128 Å². The SMILES string of the molecule is C.C.C.C.CC(C)=O.CC(C)=O.CC(C)=O.CC(C)=O. The van der Waals surface area contributed by atoms with Gasteiger partial charge < -0.3 is 19.2 Å². The molecule has 20 heavy (non-hydrogen) atoms. The van der Waals surface area contributed by atoms with E-state index in [0.717, 1.165) is 0 Å². The predicted molar refractivity (Wildman–Crippen MR) is 92.3 cm³/mol. The van der Waals surface area contributed by atoms with Gasteiger partial charge in [-0.15, -0.1) is 0 Å². The molecule has 0 aromatic carbocycles. The summed E-state index contributed by atoms with van der Waals surface area (Å²) in [6.07, 6.45) is 0. The second-order valence-electron chi connectivity index (χ2n) is 3.63. The van der Waals surface area contributed by atoms with Crippen molar-refractivity contribution in [3.05, 3.63) is 0 Å². The first-order chi connectivity index (χ1) is 6.93. The van der Waals surface area contributed by atoms with Gasteiger partial charge in [0.2, 0.25) is 0 Å². The first kappa shape index (κ1) is 51.2. The third kappa shape index (κ3) is 2350. The van der Waals surface area contributed by atoms with Crippen LogP contribution in [0.25, 0.3) is 0 Å². The van der Waals surface area contributed by atoms with Crippen LogP contribution in [0.3, 0.4) is 0 Å². The molecule has 0 aromatic rings. The topological polar surface area (TPSA) is 68.3 Å². The molecule has 0 aliphatic carbocycles. The highest BCUT2D eigenvalue weighted by Gasteiger charge is 1.63. The Balaban J connectivity index is -0.0000000150. The molecule has 0 atom stereocenters. The number of rotatable bonds is 0. The lowest BCUT2D eigenvalue weighted by Gasteiger charge is -1.56. The molecular formula is C16H40O4. The van der Waals surface area contributed by atoms with Crippen LogP contribution >= 0.6 is 0 Å². The molecule has 0 heterocycles. The van der Waals surface area contributed by atoms with E-state index in [1.54, 1.807) is 0 Å². The van der Waals surface area contributed by atoms with Crippen LogP contribution in [0.15, 0.2) is 0 Å². The lowest BCUT2D eigenvalue weighted by atomic mass is 10.6. The third-order valence-corrected chi connectivity index (χ3v) is 0. The Morgan fingerprint density at radius 2 is 0.350 bits per heavy atom. The van der Waals surface area contributed by atoms with Crippen LogP contribution in [-0.4, -0.2) is 23.1 Å². The lowest BCUT2D eigenvalue weighted by Crippen LogP contribution is -1.69. The quantitative estimate of drug-likeness (QED) is 0.636. The maximum Gasteiger partial charge on any atom is 0.126 e. The average molecular weight is 296 g/mol. The van der Waals surface area contributed by atoms with Crippen molar-refractivity contribution in [2.45, 2.75) is 85.1 Å². The molecule has 0 rings (SSSR count). The van der Waals surface area contributed by atoms with E-state index < -0.39 is 0 Å². The summed E-state index contributed by atoms with van der Waals surface area (Å²) in [5.74, 6) is 0.667. The summed E-state index contributed by atoms with van der Waals surface area (Å²) in [5, 5.41) is 0. The van der Waals surface area contributed by atoms with Crippen molar-refractivity contribution in [3.8, 4) is 0 Å². The highest BCUT2D eigenvalue weighted by molar-refractivity contribution is 5.72. The van der Waals surface area contributed by atoms with E-state index in [1.807, 2.05) is 0 Å².